The van der Waals surface area contributed by atoms with E-state index < -0.39 is 0 Å². The van der Waals surface area contributed by atoms with Crippen molar-refractivity contribution in [2.75, 3.05) is 10.7 Å². The molecule has 2 heterocycles. The molecule has 0 radical (unpaired) electrons. The number of anilines is 2. The minimum Gasteiger partial charge on any atom is -0.411 e. The number of halogens is 1. The number of fused-ring (bicyclic) bond motifs is 2. The summed E-state index contributed by atoms with van der Waals surface area (Å²) in [4.78, 5) is 15.2. The van der Waals surface area contributed by atoms with Crippen LogP contribution in [0.5, 0.6) is 0 Å². The quantitative estimate of drug-likeness (QED) is 0.362. The second-order valence-electron chi connectivity index (χ2n) is 7.13. The molecule has 1 aliphatic heterocycles. The van der Waals surface area contributed by atoms with Crippen LogP contribution in [0.2, 0.25) is 5.02 Å². The Balaban J connectivity index is 1.40. The van der Waals surface area contributed by atoms with Crippen molar-refractivity contribution in [3.8, 4) is 11.5 Å². The number of nitrogens with zero attached hydrogens (tertiary/aromatic N) is 3. The van der Waals surface area contributed by atoms with Gasteiger partial charge in [0.2, 0.25) is 11.8 Å². The number of thioether (sulfide) groups is 1. The third-order valence-corrected chi connectivity index (χ3v) is 6.34. The number of aromatic nitrogens is 2. The molecule has 0 N–H and O–H groups in total. The van der Waals surface area contributed by atoms with Crippen molar-refractivity contribution < 1.29 is 9.21 Å². The lowest BCUT2D eigenvalue weighted by Crippen LogP contribution is -2.28. The summed E-state index contributed by atoms with van der Waals surface area (Å²) in [6.45, 7) is 0. The highest BCUT2D eigenvalue weighted by atomic mass is 35.5. The molecule has 0 saturated heterocycles. The Morgan fingerprint density at radius 2 is 1.52 bits per heavy atom. The van der Waals surface area contributed by atoms with E-state index in [1.165, 1.54) is 11.8 Å². The van der Waals surface area contributed by atoms with Crippen molar-refractivity contribution in [2.45, 2.75) is 18.1 Å². The van der Waals surface area contributed by atoms with Crippen LogP contribution in [-0.4, -0.2) is 21.9 Å². The zero-order chi connectivity index (χ0) is 21.2. The largest absolute Gasteiger partial charge is 0.411 e. The molecule has 1 aromatic heterocycles. The van der Waals surface area contributed by atoms with Gasteiger partial charge in [0.15, 0.2) is 0 Å². The van der Waals surface area contributed by atoms with Crippen LogP contribution in [-0.2, 0) is 17.6 Å². The van der Waals surface area contributed by atoms with Gasteiger partial charge in [-0.25, -0.2) is 0 Å². The number of amides is 1. The molecule has 0 fully saturated rings. The lowest BCUT2D eigenvalue weighted by atomic mass is 10.0. The van der Waals surface area contributed by atoms with Gasteiger partial charge in [0.05, 0.1) is 27.7 Å². The SMILES string of the molecule is O=C(CSc1nnc(-c2ccccc2Cl)o1)N1c2ccccc2CCc2ccccc21. The highest BCUT2D eigenvalue weighted by Crippen LogP contribution is 2.37. The van der Waals surface area contributed by atoms with E-state index in [2.05, 4.69) is 22.3 Å². The van der Waals surface area contributed by atoms with Crippen molar-refractivity contribution in [2.24, 2.45) is 0 Å². The maximum atomic E-state index is 13.4. The van der Waals surface area contributed by atoms with Gasteiger partial charge in [0, 0.05) is 0 Å². The first-order valence-corrected chi connectivity index (χ1v) is 11.3. The van der Waals surface area contributed by atoms with Crippen LogP contribution in [0.1, 0.15) is 11.1 Å². The van der Waals surface area contributed by atoms with Gasteiger partial charge in [0.25, 0.3) is 5.22 Å². The van der Waals surface area contributed by atoms with E-state index in [1.54, 1.807) is 6.07 Å². The van der Waals surface area contributed by atoms with Crippen LogP contribution in [0.4, 0.5) is 11.4 Å². The normalized spacial score (nSPS) is 12.7. The lowest BCUT2D eigenvalue weighted by Gasteiger charge is -2.24. The minimum absolute atomic E-state index is 0.0377. The van der Waals surface area contributed by atoms with Crippen LogP contribution >= 0.6 is 23.4 Å². The van der Waals surface area contributed by atoms with E-state index >= 15 is 0 Å². The topological polar surface area (TPSA) is 59.2 Å². The third-order valence-electron chi connectivity index (χ3n) is 5.21. The van der Waals surface area contributed by atoms with Crippen LogP contribution in [0.3, 0.4) is 0 Å². The molecule has 4 aromatic rings. The molecule has 0 spiro atoms. The standard InChI is InChI=1S/C24H18ClN3O2S/c25-19-10-4-3-9-18(19)23-26-27-24(30-23)31-15-22(29)28-20-11-5-1-7-16(20)13-14-17-8-2-6-12-21(17)28/h1-12H,13-15H2. The number of carbonyl (C=O) groups is 1. The first-order valence-electron chi connectivity index (χ1n) is 9.90. The van der Waals surface area contributed by atoms with Crippen molar-refractivity contribution in [1.82, 2.24) is 10.2 Å². The van der Waals surface area contributed by atoms with Gasteiger partial charge in [0.1, 0.15) is 0 Å². The van der Waals surface area contributed by atoms with Crippen LogP contribution < -0.4 is 4.90 Å². The van der Waals surface area contributed by atoms with Crippen molar-refractivity contribution in [3.63, 3.8) is 0 Å². The number of rotatable bonds is 4. The molecule has 1 amide bonds. The first kappa shape index (κ1) is 19.8. The van der Waals surface area contributed by atoms with Crippen molar-refractivity contribution >= 4 is 40.6 Å². The molecule has 0 bridgehead atoms. The summed E-state index contributed by atoms with van der Waals surface area (Å²) in [5, 5.41) is 9.02. The molecule has 3 aromatic carbocycles. The van der Waals surface area contributed by atoms with Gasteiger partial charge in [-0.15, -0.1) is 10.2 Å². The minimum atomic E-state index is -0.0377. The molecule has 0 unspecified atom stereocenters. The Hall–Kier alpha value is -3.09. The summed E-state index contributed by atoms with van der Waals surface area (Å²) in [6.07, 6.45) is 1.80. The Kier molecular flexibility index (Phi) is 5.49. The van der Waals surface area contributed by atoms with Gasteiger partial charge in [-0.1, -0.05) is 71.9 Å². The lowest BCUT2D eigenvalue weighted by molar-refractivity contribution is -0.115. The Bertz CT molecular complexity index is 1210. The number of benzene rings is 3. The monoisotopic (exact) mass is 447 g/mol. The van der Waals surface area contributed by atoms with Crippen LogP contribution in [0.15, 0.2) is 82.4 Å². The van der Waals surface area contributed by atoms with Gasteiger partial charge in [-0.3, -0.25) is 9.69 Å². The maximum absolute atomic E-state index is 13.4. The Morgan fingerprint density at radius 3 is 2.19 bits per heavy atom. The molecule has 0 aliphatic carbocycles. The fourth-order valence-corrected chi connectivity index (χ4v) is 4.58. The zero-order valence-electron chi connectivity index (χ0n) is 16.5. The number of aryl methyl sites for hydroxylation is 2. The summed E-state index contributed by atoms with van der Waals surface area (Å²) in [6, 6.07) is 23.4. The van der Waals surface area contributed by atoms with E-state index in [1.807, 2.05) is 59.5 Å². The van der Waals surface area contributed by atoms with E-state index in [-0.39, 0.29) is 11.7 Å². The molecule has 7 heteroatoms. The zero-order valence-corrected chi connectivity index (χ0v) is 18.1. The predicted molar refractivity (Wildman–Crippen MR) is 123 cm³/mol. The summed E-state index contributed by atoms with van der Waals surface area (Å²) < 4.78 is 5.74. The summed E-state index contributed by atoms with van der Waals surface area (Å²) in [5.74, 6) is 0.475. The fourth-order valence-electron chi connectivity index (χ4n) is 3.75. The predicted octanol–water partition coefficient (Wildman–Crippen LogP) is 5.95. The Morgan fingerprint density at radius 1 is 0.903 bits per heavy atom. The van der Waals surface area contributed by atoms with Gasteiger partial charge in [-0.05, 0) is 48.2 Å². The number of carbonyl (C=O) groups excluding carboxylic acids is 1. The number of para-hydroxylation sites is 2. The Labute approximate surface area is 189 Å². The van der Waals surface area contributed by atoms with Gasteiger partial charge < -0.3 is 4.42 Å². The second-order valence-corrected chi connectivity index (χ2v) is 8.46. The van der Waals surface area contributed by atoms with Crippen molar-refractivity contribution in [1.29, 1.82) is 0 Å². The van der Waals surface area contributed by atoms with Crippen LogP contribution in [0, 0.1) is 0 Å². The van der Waals surface area contributed by atoms with E-state index in [4.69, 9.17) is 16.0 Å². The van der Waals surface area contributed by atoms with E-state index in [0.29, 0.717) is 21.7 Å². The highest BCUT2D eigenvalue weighted by Gasteiger charge is 2.26. The van der Waals surface area contributed by atoms with E-state index in [9.17, 15) is 4.79 Å². The maximum Gasteiger partial charge on any atom is 0.277 e. The first-order chi connectivity index (χ1) is 15.2. The molecule has 0 atom stereocenters. The van der Waals surface area contributed by atoms with Crippen LogP contribution in [0.25, 0.3) is 11.5 Å². The molecule has 0 saturated carbocycles. The molecule has 1 aliphatic rings. The highest BCUT2D eigenvalue weighted by molar-refractivity contribution is 7.99. The average Bonchev–Trinajstić information content (AvgIpc) is 3.20. The third kappa shape index (κ3) is 3.96. The van der Waals surface area contributed by atoms with Gasteiger partial charge >= 0.3 is 0 Å². The summed E-state index contributed by atoms with van der Waals surface area (Å²) in [5.41, 5.74) is 4.86. The molecular formula is C24H18ClN3O2S. The molecule has 154 valence electrons. The van der Waals surface area contributed by atoms with Crippen molar-refractivity contribution in [3.05, 3.63) is 88.9 Å². The van der Waals surface area contributed by atoms with Gasteiger partial charge in [-0.2, -0.15) is 0 Å². The number of hydrogen-bond acceptors (Lipinski definition) is 5. The fraction of sp³-hybridized carbons (Fsp3) is 0.125. The number of hydrogen-bond donors (Lipinski definition) is 0. The molecule has 31 heavy (non-hydrogen) atoms. The summed E-state index contributed by atoms with van der Waals surface area (Å²) >= 11 is 7.44. The molecule has 5 rings (SSSR count). The van der Waals surface area contributed by atoms with E-state index in [0.717, 1.165) is 35.3 Å². The molecule has 5 nitrogen and oxygen atoms in total. The second kappa shape index (κ2) is 8.57. The molecular weight excluding hydrogens is 430 g/mol. The smallest absolute Gasteiger partial charge is 0.277 e. The summed E-state index contributed by atoms with van der Waals surface area (Å²) in [7, 11) is 0. The average molecular weight is 448 g/mol.